The van der Waals surface area contributed by atoms with Crippen molar-refractivity contribution < 1.29 is 37.0 Å². The van der Waals surface area contributed by atoms with E-state index < -0.39 is 27.6 Å². The normalized spacial score (nSPS) is 19.9. The summed E-state index contributed by atoms with van der Waals surface area (Å²) in [6.07, 6.45) is 2.08. The number of carbonyl (C=O) groups is 2. The number of piperazine rings is 1. The smallest absolute Gasteiger partial charge is 0.411 e. The maximum atomic E-state index is 15.2. The zero-order valence-electron chi connectivity index (χ0n) is 29.9. The molecular weight excluding hydrogens is 689 g/mol. The van der Waals surface area contributed by atoms with Gasteiger partial charge in [-0.15, -0.1) is 0 Å². The van der Waals surface area contributed by atoms with E-state index in [9.17, 15) is 18.5 Å². The predicted octanol–water partition coefficient (Wildman–Crippen LogP) is 3.98. The highest BCUT2D eigenvalue weighted by molar-refractivity contribution is 7.93. The highest BCUT2D eigenvalue weighted by Crippen LogP contribution is 2.52. The maximum Gasteiger partial charge on any atom is 0.411 e. The summed E-state index contributed by atoms with van der Waals surface area (Å²) in [6.45, 7) is 11.6. The Morgan fingerprint density at radius 2 is 1.69 bits per heavy atom. The Morgan fingerprint density at radius 3 is 2.35 bits per heavy atom. The molecule has 2 saturated heterocycles. The first-order valence-corrected chi connectivity index (χ1v) is 19.0. The number of likely N-dealkylation sites (tertiary alicyclic amines) is 1. The second-order valence-electron chi connectivity index (χ2n) is 12.7. The zero-order valence-corrected chi connectivity index (χ0v) is 30.7. The second kappa shape index (κ2) is 15.4. The Labute approximate surface area is 304 Å². The minimum Gasteiger partial charge on any atom is -0.497 e. The Morgan fingerprint density at radius 1 is 0.962 bits per heavy atom. The summed E-state index contributed by atoms with van der Waals surface area (Å²) >= 11 is 0. The van der Waals surface area contributed by atoms with Crippen LogP contribution in [-0.2, 0) is 25.2 Å². The van der Waals surface area contributed by atoms with E-state index in [0.29, 0.717) is 42.0 Å². The summed E-state index contributed by atoms with van der Waals surface area (Å²) in [6, 6.07) is 13.7. The zero-order chi connectivity index (χ0) is 37.0. The molecule has 3 aliphatic rings. The van der Waals surface area contributed by atoms with Crippen molar-refractivity contribution in [2.24, 2.45) is 0 Å². The summed E-state index contributed by atoms with van der Waals surface area (Å²) in [5, 5.41) is 9.95. The number of hydrogen-bond donors (Lipinski definition) is 0. The van der Waals surface area contributed by atoms with Gasteiger partial charge in [-0.3, -0.25) is 9.69 Å². The van der Waals surface area contributed by atoms with Crippen LogP contribution in [0.15, 0.2) is 59.6 Å². The summed E-state index contributed by atoms with van der Waals surface area (Å²) < 4.78 is 53.3. The van der Waals surface area contributed by atoms with Crippen molar-refractivity contribution in [2.45, 2.75) is 50.2 Å². The minimum atomic E-state index is -4.74. The van der Waals surface area contributed by atoms with Gasteiger partial charge in [0.05, 0.1) is 43.2 Å². The summed E-state index contributed by atoms with van der Waals surface area (Å²) in [7, 11) is -3.30. The number of rotatable bonds is 11. The van der Waals surface area contributed by atoms with E-state index in [4.69, 9.17) is 18.9 Å². The van der Waals surface area contributed by atoms with Gasteiger partial charge < -0.3 is 28.7 Å². The lowest BCUT2D eigenvalue weighted by atomic mass is 9.87. The second-order valence-corrected chi connectivity index (χ2v) is 14.4. The third-order valence-corrected chi connectivity index (χ3v) is 11.7. The fourth-order valence-electron chi connectivity index (χ4n) is 7.24. The lowest BCUT2D eigenvalue weighted by molar-refractivity contribution is -0.132. The van der Waals surface area contributed by atoms with Crippen LogP contribution in [0.4, 0.5) is 10.5 Å². The average Bonchev–Trinajstić information content (AvgIpc) is 3.42. The Bertz CT molecular complexity index is 1950. The highest BCUT2D eigenvalue weighted by atomic mass is 32.2. The molecule has 15 heteroatoms. The SMILES string of the molecule is CCOc1cc(OC)ccc1S(=O)(=O)N1C(=O)C(OC(=O)N2CCC(N3CCN(CC)CC3)CC2)(c2cccnc2OCC)c2cc(C#N)ccc21. The van der Waals surface area contributed by atoms with Crippen molar-refractivity contribution in [3.8, 4) is 23.4 Å². The Kier molecular flexibility index (Phi) is 10.9. The van der Waals surface area contributed by atoms with Gasteiger partial charge in [0, 0.05) is 63.1 Å². The summed E-state index contributed by atoms with van der Waals surface area (Å²) in [5.41, 5.74) is -2.36. The number of amides is 2. The lowest BCUT2D eigenvalue weighted by Crippen LogP contribution is -2.54. The number of hydrogen-bond acceptors (Lipinski definition) is 12. The number of nitrogens with zero attached hydrogens (tertiary/aromatic N) is 6. The molecule has 1 aromatic heterocycles. The summed E-state index contributed by atoms with van der Waals surface area (Å²) in [5.74, 6) is -0.805. The molecule has 14 nitrogen and oxygen atoms in total. The first-order valence-electron chi connectivity index (χ1n) is 17.6. The molecule has 0 radical (unpaired) electrons. The standard InChI is InChI=1S/C37H44N6O8S/c1-5-40-19-21-41(22-20-40)27-14-17-42(18-15-27)36(45)51-37(29-9-8-16-39-34(29)50-7-3)30-23-26(25-38)10-12-31(30)43(35(37)44)52(46,47)33-13-11-28(48-4)24-32(33)49-6-2/h8-13,16,23-24,27H,5-7,14-15,17-22H2,1-4H3. The number of piperidine rings is 1. The number of fused-ring (bicyclic) bond motifs is 1. The molecule has 6 rings (SSSR count). The largest absolute Gasteiger partial charge is 0.497 e. The molecular formula is C37H44N6O8S. The number of benzene rings is 2. The number of likely N-dealkylation sites (N-methyl/N-ethyl adjacent to an activating group) is 1. The lowest BCUT2D eigenvalue weighted by Gasteiger charge is -2.42. The maximum absolute atomic E-state index is 15.2. The van der Waals surface area contributed by atoms with Gasteiger partial charge in [-0.05, 0) is 75.7 Å². The van der Waals surface area contributed by atoms with Gasteiger partial charge in [0.2, 0.25) is 5.88 Å². The monoisotopic (exact) mass is 732 g/mol. The van der Waals surface area contributed by atoms with Gasteiger partial charge in [-0.1, -0.05) is 6.92 Å². The number of methoxy groups -OCH3 is 1. The average molecular weight is 733 g/mol. The molecule has 2 amide bonds. The molecule has 1 atom stereocenters. The predicted molar refractivity (Wildman–Crippen MR) is 191 cm³/mol. The topological polar surface area (TPSA) is 155 Å². The van der Waals surface area contributed by atoms with Gasteiger partial charge in [0.1, 0.15) is 16.4 Å². The van der Waals surface area contributed by atoms with Crippen molar-refractivity contribution in [2.75, 3.05) is 70.4 Å². The van der Waals surface area contributed by atoms with Gasteiger partial charge in [0.15, 0.2) is 0 Å². The third-order valence-electron chi connectivity index (χ3n) is 9.94. The molecule has 0 N–H and O–H groups in total. The van der Waals surface area contributed by atoms with Crippen LogP contribution in [0.3, 0.4) is 0 Å². The number of ether oxygens (including phenoxy) is 4. The molecule has 0 aliphatic carbocycles. The molecule has 52 heavy (non-hydrogen) atoms. The fourth-order valence-corrected chi connectivity index (χ4v) is 8.82. The van der Waals surface area contributed by atoms with Crippen LogP contribution >= 0.6 is 0 Å². The van der Waals surface area contributed by atoms with E-state index in [-0.39, 0.29) is 52.1 Å². The van der Waals surface area contributed by atoms with Crippen LogP contribution in [0.25, 0.3) is 0 Å². The molecule has 0 bridgehead atoms. The van der Waals surface area contributed by atoms with Gasteiger partial charge in [-0.2, -0.15) is 9.57 Å². The van der Waals surface area contributed by atoms with Gasteiger partial charge in [0.25, 0.3) is 21.5 Å². The quantitative estimate of drug-likeness (QED) is 0.280. The molecule has 276 valence electrons. The molecule has 0 saturated carbocycles. The Balaban J connectivity index is 1.43. The van der Waals surface area contributed by atoms with Crippen LogP contribution in [-0.4, -0.2) is 112 Å². The number of sulfonamides is 1. The number of anilines is 1. The summed E-state index contributed by atoms with van der Waals surface area (Å²) in [4.78, 5) is 40.0. The van der Waals surface area contributed by atoms with Gasteiger partial charge >= 0.3 is 6.09 Å². The van der Waals surface area contributed by atoms with E-state index in [2.05, 4.69) is 27.8 Å². The van der Waals surface area contributed by atoms with Crippen molar-refractivity contribution >= 4 is 27.7 Å². The Hall–Kier alpha value is -4.91. The molecule has 2 fully saturated rings. The van der Waals surface area contributed by atoms with Crippen molar-refractivity contribution in [1.29, 1.82) is 5.26 Å². The van der Waals surface area contributed by atoms with E-state index in [1.165, 1.54) is 55.8 Å². The fraction of sp³-hybridized carbons (Fsp3) is 0.459. The molecule has 4 heterocycles. The van der Waals surface area contributed by atoms with Crippen LogP contribution in [0, 0.1) is 11.3 Å². The molecule has 0 spiro atoms. The number of nitriles is 1. The number of pyridine rings is 1. The highest BCUT2D eigenvalue weighted by Gasteiger charge is 2.61. The van der Waals surface area contributed by atoms with Crippen molar-refractivity contribution in [3.63, 3.8) is 0 Å². The van der Waals surface area contributed by atoms with Crippen LogP contribution in [0.5, 0.6) is 17.4 Å². The molecule has 3 aromatic rings. The van der Waals surface area contributed by atoms with Crippen LogP contribution in [0.1, 0.15) is 50.3 Å². The first-order chi connectivity index (χ1) is 25.1. The van der Waals surface area contributed by atoms with E-state index in [0.717, 1.165) is 32.7 Å². The first kappa shape index (κ1) is 36.9. The van der Waals surface area contributed by atoms with Crippen molar-refractivity contribution in [1.82, 2.24) is 19.7 Å². The number of aromatic nitrogens is 1. The number of carbonyl (C=O) groups excluding carboxylic acids is 2. The van der Waals surface area contributed by atoms with Gasteiger partial charge in [-0.25, -0.2) is 18.2 Å². The van der Waals surface area contributed by atoms with Crippen LogP contribution in [0.2, 0.25) is 0 Å². The van der Waals surface area contributed by atoms with Crippen molar-refractivity contribution in [3.05, 3.63) is 71.4 Å². The molecule has 3 aliphatic heterocycles. The minimum absolute atomic E-state index is 0.0161. The van der Waals surface area contributed by atoms with E-state index >= 15 is 4.79 Å². The van der Waals surface area contributed by atoms with E-state index in [1.807, 2.05) is 0 Å². The van der Waals surface area contributed by atoms with E-state index in [1.54, 1.807) is 24.8 Å². The molecule has 2 aromatic carbocycles. The molecule has 1 unspecified atom stereocenters. The third kappa shape index (κ3) is 6.62. The van der Waals surface area contributed by atoms with Crippen LogP contribution < -0.4 is 18.5 Å².